The molecule has 0 radical (unpaired) electrons. The number of aromatic amines is 1. The molecule has 3 aromatic rings. The SMILES string of the molecule is Cc1cc(C(=O)NCCc2n[nH]c(=S)n2C)cc(C)c1OCc1cccnc1. The van der Waals surface area contributed by atoms with Gasteiger partial charge in [0.2, 0.25) is 0 Å². The molecule has 0 aliphatic heterocycles. The molecule has 2 N–H and O–H groups in total. The molecule has 1 aromatic carbocycles. The van der Waals surface area contributed by atoms with Crippen LogP contribution in [-0.2, 0) is 20.1 Å². The molecule has 0 atom stereocenters. The number of aryl methyl sites for hydroxylation is 2. The maximum Gasteiger partial charge on any atom is 0.251 e. The molecule has 0 unspecified atom stereocenters. The molecule has 8 heteroatoms. The first-order valence-corrected chi connectivity index (χ1v) is 9.38. The Morgan fingerprint density at radius 1 is 1.32 bits per heavy atom. The maximum absolute atomic E-state index is 12.5. The van der Waals surface area contributed by atoms with E-state index in [2.05, 4.69) is 20.5 Å². The number of rotatable bonds is 7. The molecule has 0 saturated carbocycles. The molecule has 2 aromatic heterocycles. The van der Waals surface area contributed by atoms with E-state index in [1.165, 1.54) is 0 Å². The number of amides is 1. The van der Waals surface area contributed by atoms with Crippen molar-refractivity contribution in [1.82, 2.24) is 25.1 Å². The molecular formula is C20H23N5O2S. The van der Waals surface area contributed by atoms with Gasteiger partial charge in [0.15, 0.2) is 4.77 Å². The second-order valence-electron chi connectivity index (χ2n) is 6.60. The second kappa shape index (κ2) is 8.79. The fourth-order valence-electron chi connectivity index (χ4n) is 2.94. The predicted molar refractivity (Wildman–Crippen MR) is 109 cm³/mol. The summed E-state index contributed by atoms with van der Waals surface area (Å²) in [5, 5.41) is 9.81. The molecule has 7 nitrogen and oxygen atoms in total. The number of H-pyrrole nitrogens is 1. The minimum absolute atomic E-state index is 0.123. The van der Waals surface area contributed by atoms with Crippen LogP contribution < -0.4 is 10.1 Å². The number of nitrogens with one attached hydrogen (secondary N) is 2. The summed E-state index contributed by atoms with van der Waals surface area (Å²) < 4.78 is 8.31. The monoisotopic (exact) mass is 397 g/mol. The zero-order valence-electron chi connectivity index (χ0n) is 16.2. The highest BCUT2D eigenvalue weighted by atomic mass is 32.1. The number of hydrogen-bond acceptors (Lipinski definition) is 5. The Balaban J connectivity index is 1.61. The van der Waals surface area contributed by atoms with Crippen molar-refractivity contribution in [2.45, 2.75) is 26.9 Å². The third-order valence-electron chi connectivity index (χ3n) is 4.44. The summed E-state index contributed by atoms with van der Waals surface area (Å²) in [4.78, 5) is 16.6. The summed E-state index contributed by atoms with van der Waals surface area (Å²) in [7, 11) is 1.85. The van der Waals surface area contributed by atoms with Crippen molar-refractivity contribution in [3.8, 4) is 5.75 Å². The smallest absolute Gasteiger partial charge is 0.251 e. The number of carbonyl (C=O) groups is 1. The quantitative estimate of drug-likeness (QED) is 0.599. The van der Waals surface area contributed by atoms with Gasteiger partial charge in [0.25, 0.3) is 5.91 Å². The summed E-state index contributed by atoms with van der Waals surface area (Å²) in [6, 6.07) is 7.53. The standard InChI is InChI=1S/C20H23N5O2S/c1-13-9-16(19(26)22-8-6-17-23-24-20(28)25(17)3)10-14(2)18(13)27-12-15-5-4-7-21-11-15/h4-5,7,9-11H,6,8,12H2,1-3H3,(H,22,26)(H,24,28). The van der Waals surface area contributed by atoms with Crippen LogP contribution in [0.3, 0.4) is 0 Å². The summed E-state index contributed by atoms with van der Waals surface area (Å²) in [6.07, 6.45) is 4.11. The third-order valence-corrected chi connectivity index (χ3v) is 4.80. The van der Waals surface area contributed by atoms with Crippen molar-refractivity contribution in [3.05, 3.63) is 69.5 Å². The van der Waals surface area contributed by atoms with E-state index in [0.717, 1.165) is 28.3 Å². The fraction of sp³-hybridized carbons (Fsp3) is 0.300. The van der Waals surface area contributed by atoms with Gasteiger partial charge in [-0.15, -0.1) is 0 Å². The lowest BCUT2D eigenvalue weighted by Crippen LogP contribution is -2.26. The molecule has 0 fully saturated rings. The first-order valence-electron chi connectivity index (χ1n) is 8.97. The number of aromatic nitrogens is 4. The molecule has 1 amide bonds. The molecular weight excluding hydrogens is 374 g/mol. The van der Waals surface area contributed by atoms with Crippen molar-refractivity contribution in [1.29, 1.82) is 0 Å². The molecule has 0 bridgehead atoms. The normalized spacial score (nSPS) is 10.7. The molecule has 2 heterocycles. The average Bonchev–Trinajstić information content (AvgIpc) is 3.00. The van der Waals surface area contributed by atoms with Gasteiger partial charge < -0.3 is 14.6 Å². The zero-order valence-corrected chi connectivity index (χ0v) is 17.0. The van der Waals surface area contributed by atoms with Crippen LogP contribution in [0.1, 0.15) is 32.9 Å². The van der Waals surface area contributed by atoms with Crippen LogP contribution >= 0.6 is 12.2 Å². The van der Waals surface area contributed by atoms with E-state index < -0.39 is 0 Å². The summed E-state index contributed by atoms with van der Waals surface area (Å²) in [5.74, 6) is 1.47. The molecule has 146 valence electrons. The summed E-state index contributed by atoms with van der Waals surface area (Å²) >= 11 is 5.09. The van der Waals surface area contributed by atoms with Crippen LogP contribution in [0.15, 0.2) is 36.7 Å². The van der Waals surface area contributed by atoms with Gasteiger partial charge in [0.05, 0.1) is 0 Å². The second-order valence-corrected chi connectivity index (χ2v) is 6.99. The highest BCUT2D eigenvalue weighted by Gasteiger charge is 2.12. The van der Waals surface area contributed by atoms with Gasteiger partial charge in [-0.1, -0.05) is 6.07 Å². The van der Waals surface area contributed by atoms with Gasteiger partial charge >= 0.3 is 0 Å². The maximum atomic E-state index is 12.5. The topological polar surface area (TPSA) is 84.8 Å². The van der Waals surface area contributed by atoms with E-state index in [9.17, 15) is 4.79 Å². The van der Waals surface area contributed by atoms with Crippen LogP contribution in [0.2, 0.25) is 0 Å². The average molecular weight is 398 g/mol. The van der Waals surface area contributed by atoms with E-state index in [1.54, 1.807) is 17.0 Å². The number of benzene rings is 1. The van der Waals surface area contributed by atoms with Crippen molar-refractivity contribution in [3.63, 3.8) is 0 Å². The van der Waals surface area contributed by atoms with Gasteiger partial charge in [-0.2, -0.15) is 5.10 Å². The molecule has 0 saturated heterocycles. The van der Waals surface area contributed by atoms with E-state index in [1.807, 2.05) is 45.2 Å². The number of hydrogen-bond donors (Lipinski definition) is 2. The lowest BCUT2D eigenvalue weighted by atomic mass is 10.0. The lowest BCUT2D eigenvalue weighted by molar-refractivity contribution is 0.0953. The van der Waals surface area contributed by atoms with Gasteiger partial charge in [-0.25, -0.2) is 0 Å². The molecule has 0 aliphatic rings. The minimum Gasteiger partial charge on any atom is -0.488 e. The van der Waals surface area contributed by atoms with Crippen molar-refractivity contribution >= 4 is 18.1 Å². The van der Waals surface area contributed by atoms with Crippen LogP contribution in [0, 0.1) is 18.6 Å². The molecule has 0 aliphatic carbocycles. The van der Waals surface area contributed by atoms with Crippen LogP contribution in [0.25, 0.3) is 0 Å². The van der Waals surface area contributed by atoms with E-state index in [0.29, 0.717) is 29.9 Å². The Hall–Kier alpha value is -3.00. The lowest BCUT2D eigenvalue weighted by Gasteiger charge is -2.14. The van der Waals surface area contributed by atoms with E-state index >= 15 is 0 Å². The third kappa shape index (κ3) is 4.64. The molecule has 0 spiro atoms. The minimum atomic E-state index is -0.123. The highest BCUT2D eigenvalue weighted by Crippen LogP contribution is 2.25. The number of carbonyl (C=O) groups excluding carboxylic acids is 1. The van der Waals surface area contributed by atoms with Gasteiger partial charge in [0.1, 0.15) is 18.2 Å². The molecule has 28 heavy (non-hydrogen) atoms. The van der Waals surface area contributed by atoms with Crippen molar-refractivity contribution < 1.29 is 9.53 Å². The number of nitrogens with zero attached hydrogens (tertiary/aromatic N) is 3. The zero-order chi connectivity index (χ0) is 20.1. The number of ether oxygens (including phenoxy) is 1. The van der Waals surface area contributed by atoms with Gasteiger partial charge in [-0.3, -0.25) is 14.9 Å². The Labute approximate surface area is 168 Å². The van der Waals surface area contributed by atoms with E-state index in [-0.39, 0.29) is 5.91 Å². The van der Waals surface area contributed by atoms with Crippen molar-refractivity contribution in [2.75, 3.05) is 6.54 Å². The van der Waals surface area contributed by atoms with Gasteiger partial charge in [-0.05, 0) is 55.4 Å². The summed E-state index contributed by atoms with van der Waals surface area (Å²) in [5.41, 5.74) is 3.45. The molecule has 3 rings (SSSR count). The Bertz CT molecular complexity index is 1000. The van der Waals surface area contributed by atoms with Gasteiger partial charge in [0, 0.05) is 43.5 Å². The Morgan fingerprint density at radius 2 is 2.07 bits per heavy atom. The fourth-order valence-corrected chi connectivity index (χ4v) is 3.09. The van der Waals surface area contributed by atoms with E-state index in [4.69, 9.17) is 17.0 Å². The first-order chi connectivity index (χ1) is 13.5. The Morgan fingerprint density at radius 3 is 2.68 bits per heavy atom. The van der Waals surface area contributed by atoms with Crippen LogP contribution in [0.4, 0.5) is 0 Å². The van der Waals surface area contributed by atoms with Crippen LogP contribution in [0.5, 0.6) is 5.75 Å². The summed E-state index contributed by atoms with van der Waals surface area (Å²) in [6.45, 7) is 4.80. The first kappa shape index (κ1) is 19.8. The van der Waals surface area contributed by atoms with Crippen molar-refractivity contribution in [2.24, 2.45) is 7.05 Å². The predicted octanol–water partition coefficient (Wildman–Crippen LogP) is 3.04. The largest absolute Gasteiger partial charge is 0.488 e. The highest BCUT2D eigenvalue weighted by molar-refractivity contribution is 7.71. The Kier molecular flexibility index (Phi) is 6.20. The van der Waals surface area contributed by atoms with Crippen LogP contribution in [-0.4, -0.2) is 32.2 Å². The number of pyridine rings is 1.